The number of allylic oxidation sites excluding steroid dienone is 4. The Labute approximate surface area is 189 Å². The largest absolute Gasteiger partial charge is 0.229 e. The van der Waals surface area contributed by atoms with Gasteiger partial charge in [-0.05, 0) is 69.1 Å². The number of hydrogen-bond donors (Lipinski definition) is 0. The second-order valence-corrected chi connectivity index (χ2v) is 8.03. The lowest BCUT2D eigenvalue weighted by Gasteiger charge is -2.17. The number of rotatable bonds is 7. The molecule has 0 aliphatic heterocycles. The average Bonchev–Trinajstić information content (AvgIpc) is 2.83. The Kier molecular flexibility index (Phi) is 7.01. The number of benzene rings is 4. The Bertz CT molecular complexity index is 1210. The van der Waals surface area contributed by atoms with Gasteiger partial charge in [0.05, 0.1) is 0 Å². The second-order valence-electron chi connectivity index (χ2n) is 7.46. The first-order valence-corrected chi connectivity index (χ1v) is 11.9. The van der Waals surface area contributed by atoms with Gasteiger partial charge >= 0.3 is 0 Å². The molecule has 0 heterocycles. The van der Waals surface area contributed by atoms with Gasteiger partial charge in [0.25, 0.3) is 0 Å². The molecule has 0 bridgehead atoms. The molecule has 0 saturated heterocycles. The molecule has 0 spiro atoms. The smallest absolute Gasteiger partial charge is 0.0170 e. The van der Waals surface area contributed by atoms with E-state index in [4.69, 9.17) is 0 Å². The van der Waals surface area contributed by atoms with Crippen molar-refractivity contribution in [2.45, 2.75) is 19.8 Å². The summed E-state index contributed by atoms with van der Waals surface area (Å²) in [5, 5.41) is 5.21. The van der Waals surface area contributed by atoms with Gasteiger partial charge in [-0.2, -0.15) is 0 Å². The van der Waals surface area contributed by atoms with E-state index >= 15 is 0 Å². The van der Waals surface area contributed by atoms with Gasteiger partial charge in [0.15, 0.2) is 0 Å². The molecular weight excluding hydrogens is 394 g/mol. The van der Waals surface area contributed by atoms with E-state index < -0.39 is 0 Å². The van der Waals surface area contributed by atoms with Gasteiger partial charge in [-0.25, -0.2) is 4.40 Å². The van der Waals surface area contributed by atoms with E-state index in [1.807, 2.05) is 12.5 Å². The van der Waals surface area contributed by atoms with E-state index in [1.165, 1.54) is 55.8 Å². The van der Waals surface area contributed by atoms with E-state index in [9.17, 15) is 0 Å². The average molecular weight is 422 g/mol. The summed E-state index contributed by atoms with van der Waals surface area (Å²) >= 11 is 1.50. The van der Waals surface area contributed by atoms with E-state index in [2.05, 4.69) is 108 Å². The van der Waals surface area contributed by atoms with Crippen LogP contribution in [-0.2, 0) is 12.8 Å². The number of nitrogens with zero attached hydrogens (tertiary/aromatic N) is 1. The van der Waals surface area contributed by atoms with Crippen LogP contribution in [0.2, 0.25) is 0 Å². The van der Waals surface area contributed by atoms with Crippen LogP contribution in [0.15, 0.2) is 101 Å². The fourth-order valence-electron chi connectivity index (χ4n) is 4.21. The SMILES string of the molecule is C/C=C(\C=C/Cc1ccccc1)c1c2ccccc2c(C/C=N/SC)c2ccccc12. The van der Waals surface area contributed by atoms with Crippen LogP contribution in [-0.4, -0.2) is 12.5 Å². The van der Waals surface area contributed by atoms with Crippen molar-refractivity contribution >= 4 is 45.3 Å². The van der Waals surface area contributed by atoms with Gasteiger partial charge in [-0.1, -0.05) is 97.1 Å². The van der Waals surface area contributed by atoms with Crippen molar-refractivity contribution in [3.05, 3.63) is 114 Å². The summed E-state index contributed by atoms with van der Waals surface area (Å²) in [5.74, 6) is 0. The highest BCUT2D eigenvalue weighted by atomic mass is 32.2. The van der Waals surface area contributed by atoms with Crippen molar-refractivity contribution in [3.63, 3.8) is 0 Å². The highest BCUT2D eigenvalue weighted by Gasteiger charge is 2.14. The van der Waals surface area contributed by atoms with Crippen LogP contribution in [0.5, 0.6) is 0 Å². The van der Waals surface area contributed by atoms with Crippen molar-refractivity contribution in [2.75, 3.05) is 6.26 Å². The summed E-state index contributed by atoms with van der Waals surface area (Å²) in [7, 11) is 0. The molecule has 0 N–H and O–H groups in total. The van der Waals surface area contributed by atoms with E-state index in [0.29, 0.717) is 0 Å². The van der Waals surface area contributed by atoms with Gasteiger partial charge in [-0.3, -0.25) is 0 Å². The zero-order valence-electron chi connectivity index (χ0n) is 18.1. The first-order chi connectivity index (χ1) is 15.3. The molecule has 31 heavy (non-hydrogen) atoms. The molecule has 0 aliphatic carbocycles. The van der Waals surface area contributed by atoms with E-state index in [-0.39, 0.29) is 0 Å². The predicted molar refractivity (Wildman–Crippen MR) is 140 cm³/mol. The molecule has 154 valence electrons. The van der Waals surface area contributed by atoms with Crippen molar-refractivity contribution in [3.8, 4) is 0 Å². The minimum Gasteiger partial charge on any atom is -0.229 e. The van der Waals surface area contributed by atoms with Crippen molar-refractivity contribution < 1.29 is 0 Å². The molecule has 0 aromatic heterocycles. The molecule has 0 radical (unpaired) electrons. The predicted octanol–water partition coefficient (Wildman–Crippen LogP) is 8.09. The van der Waals surface area contributed by atoms with Crippen LogP contribution in [0.3, 0.4) is 0 Å². The lowest BCUT2D eigenvalue weighted by molar-refractivity contribution is 1.27. The van der Waals surface area contributed by atoms with Crippen LogP contribution in [0.1, 0.15) is 23.6 Å². The first-order valence-electron chi connectivity index (χ1n) is 10.7. The maximum absolute atomic E-state index is 4.39. The van der Waals surface area contributed by atoms with Gasteiger partial charge in [0, 0.05) is 18.9 Å². The monoisotopic (exact) mass is 421 g/mol. The van der Waals surface area contributed by atoms with Crippen molar-refractivity contribution in [1.82, 2.24) is 0 Å². The Morgan fingerprint density at radius 3 is 1.94 bits per heavy atom. The minimum absolute atomic E-state index is 0.831. The molecule has 4 aromatic rings. The molecule has 0 atom stereocenters. The van der Waals surface area contributed by atoms with E-state index in [0.717, 1.165) is 12.8 Å². The van der Waals surface area contributed by atoms with Gasteiger partial charge in [0.2, 0.25) is 0 Å². The van der Waals surface area contributed by atoms with Gasteiger partial charge < -0.3 is 0 Å². The third kappa shape index (κ3) is 4.65. The lowest BCUT2D eigenvalue weighted by Crippen LogP contribution is -1.96. The maximum atomic E-state index is 4.39. The Morgan fingerprint density at radius 1 is 0.774 bits per heavy atom. The summed E-state index contributed by atoms with van der Waals surface area (Å²) in [4.78, 5) is 0. The fraction of sp³-hybridized carbons (Fsp3) is 0.138. The molecule has 0 fully saturated rings. The maximum Gasteiger partial charge on any atom is 0.0170 e. The van der Waals surface area contributed by atoms with Crippen LogP contribution >= 0.6 is 11.9 Å². The Morgan fingerprint density at radius 2 is 1.35 bits per heavy atom. The Balaban J connectivity index is 1.86. The summed E-state index contributed by atoms with van der Waals surface area (Å²) in [5.41, 5.74) is 5.24. The topological polar surface area (TPSA) is 12.4 Å². The zero-order chi connectivity index (χ0) is 21.5. The quantitative estimate of drug-likeness (QED) is 0.127. The molecule has 0 amide bonds. The first kappa shape index (κ1) is 21.1. The molecule has 1 nitrogen and oxygen atoms in total. The highest BCUT2D eigenvalue weighted by Crippen LogP contribution is 2.37. The third-order valence-electron chi connectivity index (χ3n) is 5.61. The molecule has 0 unspecified atom stereocenters. The molecule has 4 aromatic carbocycles. The summed E-state index contributed by atoms with van der Waals surface area (Å²) in [6.45, 7) is 2.13. The number of hydrogen-bond acceptors (Lipinski definition) is 2. The van der Waals surface area contributed by atoms with Crippen molar-refractivity contribution in [1.29, 1.82) is 0 Å². The molecule has 4 rings (SSSR count). The van der Waals surface area contributed by atoms with Crippen LogP contribution in [0, 0.1) is 0 Å². The third-order valence-corrected chi connectivity index (χ3v) is 5.97. The zero-order valence-corrected chi connectivity index (χ0v) is 18.9. The second kappa shape index (κ2) is 10.3. The Hall–Kier alpha value is -3.10. The van der Waals surface area contributed by atoms with Gasteiger partial charge in [-0.15, -0.1) is 0 Å². The van der Waals surface area contributed by atoms with Gasteiger partial charge in [0.1, 0.15) is 0 Å². The van der Waals surface area contributed by atoms with Crippen LogP contribution in [0.25, 0.3) is 27.1 Å². The van der Waals surface area contributed by atoms with Crippen LogP contribution in [0.4, 0.5) is 0 Å². The highest BCUT2D eigenvalue weighted by molar-refractivity contribution is 7.97. The fourth-order valence-corrected chi connectivity index (χ4v) is 4.44. The standard InChI is InChI=1S/C29H27NS/c1-3-23(15-11-14-22-12-5-4-6-13-22)29-27-18-9-7-16-24(27)26(20-21-30-31-2)25-17-8-10-19-28(25)29/h3-13,15-19,21H,14,20H2,1-2H3/b15-11-,23-3+,30-21+. The molecular formula is C29H27NS. The summed E-state index contributed by atoms with van der Waals surface area (Å²) in [6, 6.07) is 28.2. The molecule has 2 heteroatoms. The molecule has 0 saturated carbocycles. The van der Waals surface area contributed by atoms with E-state index in [1.54, 1.807) is 0 Å². The minimum atomic E-state index is 0.831. The van der Waals surface area contributed by atoms with Crippen molar-refractivity contribution in [2.24, 2.45) is 4.40 Å². The normalized spacial score (nSPS) is 12.5. The summed E-state index contributed by atoms with van der Waals surface area (Å²) in [6.07, 6.45) is 12.5. The summed E-state index contributed by atoms with van der Waals surface area (Å²) < 4.78 is 4.39. The molecule has 0 aliphatic rings. The lowest BCUT2D eigenvalue weighted by atomic mass is 9.87. The number of fused-ring (bicyclic) bond motifs is 2. The van der Waals surface area contributed by atoms with Crippen LogP contribution < -0.4 is 0 Å².